The number of nitrogen functional groups attached to an aromatic ring is 1. The summed E-state index contributed by atoms with van der Waals surface area (Å²) in [6.07, 6.45) is 3.48. The number of halogens is 1. The number of ether oxygens (including phenoxy) is 2. The number of nitrogens with two attached hydrogens (primary N) is 1. The Labute approximate surface area is 169 Å². The molecule has 0 radical (unpaired) electrons. The molecule has 6 nitrogen and oxygen atoms in total. The molecule has 28 heavy (non-hydrogen) atoms. The van der Waals surface area contributed by atoms with Crippen molar-refractivity contribution in [2.75, 3.05) is 31.4 Å². The topological polar surface area (TPSA) is 82.3 Å². The number of nitrogens with zero attached hydrogens (tertiary/aromatic N) is 2. The molecule has 0 bridgehead atoms. The average molecular weight is 399 g/mol. The van der Waals surface area contributed by atoms with Crippen LogP contribution in [0.15, 0.2) is 30.5 Å². The summed E-state index contributed by atoms with van der Waals surface area (Å²) in [5, 5.41) is 6.03. The van der Waals surface area contributed by atoms with Gasteiger partial charge in [0.05, 0.1) is 30.5 Å². The Balaban J connectivity index is 1.92. The monoisotopic (exact) mass is 398 g/mol. The van der Waals surface area contributed by atoms with Crippen molar-refractivity contribution in [1.82, 2.24) is 9.97 Å². The number of rotatable bonds is 5. The normalized spacial score (nSPS) is 16.5. The summed E-state index contributed by atoms with van der Waals surface area (Å²) < 4.78 is 11.0. The fourth-order valence-electron chi connectivity index (χ4n) is 3.66. The van der Waals surface area contributed by atoms with E-state index in [0.717, 1.165) is 58.6 Å². The molecule has 3 N–H and O–H groups in total. The second-order valence-corrected chi connectivity index (χ2v) is 7.26. The van der Waals surface area contributed by atoms with Crippen molar-refractivity contribution in [1.29, 1.82) is 0 Å². The number of nitrogens with one attached hydrogen (secondary N) is 1. The third-order valence-electron chi connectivity index (χ3n) is 5.05. The highest BCUT2D eigenvalue weighted by molar-refractivity contribution is 6.33. The number of pyridine rings is 2. The van der Waals surface area contributed by atoms with E-state index in [2.05, 4.69) is 17.2 Å². The van der Waals surface area contributed by atoms with Crippen LogP contribution in [0.1, 0.15) is 18.9 Å². The molecule has 2 aromatic heterocycles. The highest BCUT2D eigenvalue weighted by Gasteiger charge is 2.20. The molecule has 1 saturated heterocycles. The van der Waals surface area contributed by atoms with Crippen LogP contribution in [0.5, 0.6) is 5.75 Å². The molecule has 1 unspecified atom stereocenters. The fraction of sp³-hybridized carbons (Fsp3) is 0.333. The van der Waals surface area contributed by atoms with Gasteiger partial charge < -0.3 is 20.5 Å². The lowest BCUT2D eigenvalue weighted by molar-refractivity contribution is 0.195. The molecule has 3 aromatic rings. The smallest absolute Gasteiger partial charge is 0.135 e. The zero-order valence-electron chi connectivity index (χ0n) is 16.0. The van der Waals surface area contributed by atoms with E-state index in [1.807, 2.05) is 24.3 Å². The first kappa shape index (κ1) is 18.8. The van der Waals surface area contributed by atoms with E-state index in [9.17, 15) is 0 Å². The highest BCUT2D eigenvalue weighted by Crippen LogP contribution is 2.39. The Kier molecular flexibility index (Phi) is 5.24. The molecule has 4 rings (SSSR count). The molecule has 7 heteroatoms. The van der Waals surface area contributed by atoms with Crippen LogP contribution in [0.2, 0.25) is 5.02 Å². The van der Waals surface area contributed by atoms with E-state index < -0.39 is 0 Å². The molecule has 1 atom stereocenters. The van der Waals surface area contributed by atoms with Crippen LogP contribution in [0.3, 0.4) is 0 Å². The zero-order valence-corrected chi connectivity index (χ0v) is 16.7. The lowest BCUT2D eigenvalue weighted by Crippen LogP contribution is -2.20. The van der Waals surface area contributed by atoms with Crippen molar-refractivity contribution < 1.29 is 9.47 Å². The minimum absolute atomic E-state index is 0.215. The van der Waals surface area contributed by atoms with Gasteiger partial charge in [0, 0.05) is 34.7 Å². The summed E-state index contributed by atoms with van der Waals surface area (Å²) in [5.74, 6) is 2.03. The van der Waals surface area contributed by atoms with E-state index in [1.54, 1.807) is 13.3 Å². The highest BCUT2D eigenvalue weighted by atomic mass is 35.5. The molecule has 1 aliphatic rings. The van der Waals surface area contributed by atoms with Gasteiger partial charge in [0.15, 0.2) is 0 Å². The van der Waals surface area contributed by atoms with Gasteiger partial charge in [-0.25, -0.2) is 9.97 Å². The Hall–Kier alpha value is -2.57. The Morgan fingerprint density at radius 2 is 2.21 bits per heavy atom. The second-order valence-electron chi connectivity index (χ2n) is 6.85. The molecule has 0 spiro atoms. The van der Waals surface area contributed by atoms with E-state index >= 15 is 0 Å². The maximum Gasteiger partial charge on any atom is 0.135 e. The number of methoxy groups -OCH3 is 1. The first-order chi connectivity index (χ1) is 13.6. The minimum atomic E-state index is 0.215. The Morgan fingerprint density at radius 1 is 1.36 bits per heavy atom. The predicted octanol–water partition coefficient (Wildman–Crippen LogP) is 4.30. The summed E-state index contributed by atoms with van der Waals surface area (Å²) in [6.45, 7) is 3.49. The standard InChI is InChI=1S/C21H23ClN4O2/c1-3-14-18(27-2)5-4-16(22)20(14)17-8-12-10-24-19(23)9-15(12)21(26-17)25-13-6-7-28-11-13/h4-5,8-10,13H,3,6-7,11H2,1-2H3,(H2,23,24)(H,25,26). The van der Waals surface area contributed by atoms with Crippen LogP contribution in [0.25, 0.3) is 22.0 Å². The molecule has 146 valence electrons. The second kappa shape index (κ2) is 7.81. The molecular formula is C21H23ClN4O2. The number of hydrogen-bond acceptors (Lipinski definition) is 6. The van der Waals surface area contributed by atoms with Gasteiger partial charge in [0.1, 0.15) is 17.4 Å². The van der Waals surface area contributed by atoms with Crippen LogP contribution in [0, 0.1) is 0 Å². The Morgan fingerprint density at radius 3 is 2.93 bits per heavy atom. The van der Waals surface area contributed by atoms with Crippen LogP contribution < -0.4 is 15.8 Å². The third-order valence-corrected chi connectivity index (χ3v) is 5.37. The van der Waals surface area contributed by atoms with Crippen LogP contribution >= 0.6 is 11.6 Å². The maximum absolute atomic E-state index is 6.60. The minimum Gasteiger partial charge on any atom is -0.496 e. The maximum atomic E-state index is 6.60. The summed E-state index contributed by atoms with van der Waals surface area (Å²) >= 11 is 6.60. The molecule has 0 amide bonds. The lowest BCUT2D eigenvalue weighted by Gasteiger charge is -2.18. The number of benzene rings is 1. The predicted molar refractivity (Wildman–Crippen MR) is 113 cm³/mol. The largest absolute Gasteiger partial charge is 0.496 e. The van der Waals surface area contributed by atoms with Crippen molar-refractivity contribution >= 4 is 34.0 Å². The molecule has 3 heterocycles. The molecule has 1 aromatic carbocycles. The van der Waals surface area contributed by atoms with E-state index in [0.29, 0.717) is 17.4 Å². The van der Waals surface area contributed by atoms with Crippen molar-refractivity contribution in [2.24, 2.45) is 0 Å². The van der Waals surface area contributed by atoms with Gasteiger partial charge in [0.25, 0.3) is 0 Å². The number of anilines is 2. The van der Waals surface area contributed by atoms with Crippen molar-refractivity contribution in [3.8, 4) is 17.0 Å². The van der Waals surface area contributed by atoms with Crippen molar-refractivity contribution in [3.63, 3.8) is 0 Å². The van der Waals surface area contributed by atoms with Crippen LogP contribution in [-0.2, 0) is 11.2 Å². The summed E-state index contributed by atoms with van der Waals surface area (Å²) in [5.41, 5.74) is 8.62. The van der Waals surface area contributed by atoms with Gasteiger partial charge in [-0.1, -0.05) is 18.5 Å². The number of fused-ring (bicyclic) bond motifs is 1. The van der Waals surface area contributed by atoms with E-state index in [-0.39, 0.29) is 6.04 Å². The van der Waals surface area contributed by atoms with E-state index in [4.69, 9.17) is 31.8 Å². The average Bonchev–Trinajstić information content (AvgIpc) is 3.21. The summed E-state index contributed by atoms with van der Waals surface area (Å²) in [6, 6.07) is 7.80. The molecule has 0 saturated carbocycles. The van der Waals surface area contributed by atoms with Crippen LogP contribution in [-0.4, -0.2) is 36.3 Å². The fourth-order valence-corrected chi connectivity index (χ4v) is 3.94. The van der Waals surface area contributed by atoms with Gasteiger partial charge in [-0.05, 0) is 37.1 Å². The molecule has 1 fully saturated rings. The van der Waals surface area contributed by atoms with Crippen molar-refractivity contribution in [2.45, 2.75) is 25.8 Å². The quantitative estimate of drug-likeness (QED) is 0.666. The summed E-state index contributed by atoms with van der Waals surface area (Å²) in [4.78, 5) is 9.18. The van der Waals surface area contributed by atoms with Crippen LogP contribution in [0.4, 0.5) is 11.6 Å². The number of hydrogen-bond donors (Lipinski definition) is 2. The van der Waals surface area contributed by atoms with Gasteiger partial charge in [-0.15, -0.1) is 0 Å². The SMILES string of the molecule is CCc1c(OC)ccc(Cl)c1-c1cc2cnc(N)cc2c(NC2CCOC2)n1. The van der Waals surface area contributed by atoms with Gasteiger partial charge >= 0.3 is 0 Å². The zero-order chi connectivity index (χ0) is 19.7. The lowest BCUT2D eigenvalue weighted by atomic mass is 9.99. The van der Waals surface area contributed by atoms with Gasteiger partial charge in [0.2, 0.25) is 0 Å². The molecule has 0 aliphatic carbocycles. The number of aromatic nitrogens is 2. The summed E-state index contributed by atoms with van der Waals surface area (Å²) in [7, 11) is 1.67. The van der Waals surface area contributed by atoms with Crippen molar-refractivity contribution in [3.05, 3.63) is 41.0 Å². The first-order valence-electron chi connectivity index (χ1n) is 9.37. The first-order valence-corrected chi connectivity index (χ1v) is 9.74. The Bertz CT molecular complexity index is 1020. The van der Waals surface area contributed by atoms with Gasteiger partial charge in [-0.2, -0.15) is 0 Å². The molecular weight excluding hydrogens is 376 g/mol. The van der Waals surface area contributed by atoms with Gasteiger partial charge in [-0.3, -0.25) is 0 Å². The molecule has 1 aliphatic heterocycles. The van der Waals surface area contributed by atoms with E-state index in [1.165, 1.54) is 0 Å². The third kappa shape index (κ3) is 3.45.